The molecule has 1 aliphatic rings. The second-order valence-corrected chi connectivity index (χ2v) is 14.1. The lowest BCUT2D eigenvalue weighted by molar-refractivity contribution is -0.140. The van der Waals surface area contributed by atoms with Crippen molar-refractivity contribution in [2.45, 2.75) is 64.1 Å². The first-order chi connectivity index (χ1) is 20.4. The Kier molecular flexibility index (Phi) is 11.4. The Morgan fingerprint density at radius 2 is 1.63 bits per heavy atom. The maximum atomic E-state index is 14.3. The lowest BCUT2D eigenvalue weighted by Gasteiger charge is -2.35. The van der Waals surface area contributed by atoms with Crippen LogP contribution in [0.15, 0.2) is 66.7 Å². The number of benzene rings is 3. The average Bonchev–Trinajstić information content (AvgIpc) is 2.96. The second kappa shape index (κ2) is 14.8. The summed E-state index contributed by atoms with van der Waals surface area (Å²) in [6, 6.07) is 18.3. The molecule has 1 fully saturated rings. The normalized spacial score (nSPS) is 14.6. The Balaban J connectivity index is 1.76. The molecule has 1 unspecified atom stereocenters. The highest BCUT2D eigenvalue weighted by molar-refractivity contribution is 7.92. The Morgan fingerprint density at radius 1 is 0.930 bits per heavy atom. The second-order valence-electron chi connectivity index (χ2n) is 11.0. The van der Waals surface area contributed by atoms with Crippen LogP contribution in [0.3, 0.4) is 0 Å². The third-order valence-electron chi connectivity index (χ3n) is 7.77. The topological polar surface area (TPSA) is 86.8 Å². The van der Waals surface area contributed by atoms with Crippen molar-refractivity contribution < 1.29 is 18.0 Å². The van der Waals surface area contributed by atoms with Crippen molar-refractivity contribution in [1.82, 2.24) is 10.2 Å². The zero-order valence-electron chi connectivity index (χ0n) is 24.2. The highest BCUT2D eigenvalue weighted by Crippen LogP contribution is 2.29. The smallest absolute Gasteiger partial charge is 0.244 e. The van der Waals surface area contributed by atoms with E-state index in [0.29, 0.717) is 31.9 Å². The van der Waals surface area contributed by atoms with Gasteiger partial charge in [-0.3, -0.25) is 13.9 Å². The summed E-state index contributed by atoms with van der Waals surface area (Å²) >= 11 is 19.0. The lowest BCUT2D eigenvalue weighted by atomic mass is 9.94. The van der Waals surface area contributed by atoms with Gasteiger partial charge in [0.15, 0.2) is 0 Å². The van der Waals surface area contributed by atoms with E-state index < -0.39 is 28.5 Å². The molecule has 0 aliphatic heterocycles. The van der Waals surface area contributed by atoms with E-state index in [9.17, 15) is 18.0 Å². The minimum absolute atomic E-state index is 0.0113. The number of carbonyl (C=O) groups is 2. The van der Waals surface area contributed by atoms with E-state index in [1.54, 1.807) is 43.3 Å². The van der Waals surface area contributed by atoms with E-state index in [1.807, 2.05) is 30.3 Å². The number of hydrogen-bond donors (Lipinski definition) is 1. The predicted octanol–water partition coefficient (Wildman–Crippen LogP) is 6.81. The van der Waals surface area contributed by atoms with Gasteiger partial charge in [-0.15, -0.1) is 0 Å². The standard InChI is InChI=1S/C32H36Cl3N3O4S/c1-22-27(34)14-9-15-29(22)38(43(2,41)42)21-31(39)37(20-24-16-17-25(33)19-28(24)35)30(18-23-10-5-3-6-11-23)32(40)36-26-12-7-4-8-13-26/h3,5-6,9-11,14-17,19,26,30H,4,7-8,12-13,18,20-21H2,1-2H3,(H,36,40). The molecule has 11 heteroatoms. The first-order valence-corrected chi connectivity index (χ1v) is 17.2. The van der Waals surface area contributed by atoms with Crippen molar-refractivity contribution in [1.29, 1.82) is 0 Å². The van der Waals surface area contributed by atoms with Gasteiger partial charge in [-0.25, -0.2) is 8.42 Å². The van der Waals surface area contributed by atoms with Crippen molar-refractivity contribution in [2.75, 3.05) is 17.1 Å². The van der Waals surface area contributed by atoms with Crippen LogP contribution in [0.25, 0.3) is 0 Å². The average molecular weight is 665 g/mol. The van der Waals surface area contributed by atoms with Crippen molar-refractivity contribution >= 4 is 62.3 Å². The number of halogens is 3. The molecule has 2 amide bonds. The summed E-state index contributed by atoms with van der Waals surface area (Å²) in [5, 5.41) is 4.32. The number of carbonyl (C=O) groups excluding carboxylic acids is 2. The third-order valence-corrected chi connectivity index (χ3v) is 9.89. The number of sulfonamides is 1. The molecular weight excluding hydrogens is 629 g/mol. The van der Waals surface area contributed by atoms with Gasteiger partial charge in [-0.2, -0.15) is 0 Å². The summed E-state index contributed by atoms with van der Waals surface area (Å²) in [7, 11) is -3.92. The Labute approximate surface area is 269 Å². The van der Waals surface area contributed by atoms with Crippen LogP contribution >= 0.6 is 34.8 Å². The fourth-order valence-electron chi connectivity index (χ4n) is 5.39. The van der Waals surface area contributed by atoms with Gasteiger partial charge in [0.25, 0.3) is 0 Å². The molecule has 1 aliphatic carbocycles. The monoisotopic (exact) mass is 663 g/mol. The molecule has 1 N–H and O–H groups in total. The van der Waals surface area contributed by atoms with Gasteiger partial charge in [0.1, 0.15) is 12.6 Å². The van der Waals surface area contributed by atoms with Crippen molar-refractivity contribution in [3.63, 3.8) is 0 Å². The molecule has 7 nitrogen and oxygen atoms in total. The van der Waals surface area contributed by atoms with Crippen LogP contribution in [0.2, 0.25) is 15.1 Å². The van der Waals surface area contributed by atoms with Gasteiger partial charge in [0.05, 0.1) is 11.9 Å². The van der Waals surface area contributed by atoms with E-state index in [-0.39, 0.29) is 24.9 Å². The fraction of sp³-hybridized carbons (Fsp3) is 0.375. The zero-order chi connectivity index (χ0) is 31.1. The van der Waals surface area contributed by atoms with Gasteiger partial charge < -0.3 is 10.2 Å². The van der Waals surface area contributed by atoms with E-state index >= 15 is 0 Å². The van der Waals surface area contributed by atoms with Crippen LogP contribution in [0.1, 0.15) is 48.8 Å². The van der Waals surface area contributed by atoms with E-state index in [2.05, 4.69) is 5.32 Å². The number of nitrogens with zero attached hydrogens (tertiary/aromatic N) is 2. The third kappa shape index (κ3) is 8.88. The largest absolute Gasteiger partial charge is 0.352 e. The minimum Gasteiger partial charge on any atom is -0.352 e. The number of anilines is 1. The number of hydrogen-bond acceptors (Lipinski definition) is 4. The number of amides is 2. The molecule has 0 heterocycles. The molecule has 0 saturated heterocycles. The molecule has 0 radical (unpaired) electrons. The lowest BCUT2D eigenvalue weighted by Crippen LogP contribution is -2.55. The van der Waals surface area contributed by atoms with Crippen LogP contribution in [-0.4, -0.2) is 50.0 Å². The van der Waals surface area contributed by atoms with Crippen molar-refractivity contribution in [3.8, 4) is 0 Å². The van der Waals surface area contributed by atoms with E-state index in [1.165, 1.54) is 4.90 Å². The minimum atomic E-state index is -3.92. The van der Waals surface area contributed by atoms with Crippen LogP contribution < -0.4 is 9.62 Å². The Hall–Kier alpha value is -2.78. The molecular formula is C32H36Cl3N3O4S. The summed E-state index contributed by atoms with van der Waals surface area (Å²) in [5.74, 6) is -0.852. The van der Waals surface area contributed by atoms with Crippen LogP contribution in [-0.2, 0) is 32.6 Å². The van der Waals surface area contributed by atoms with Gasteiger partial charge in [-0.1, -0.05) is 96.5 Å². The summed E-state index contributed by atoms with van der Waals surface area (Å²) in [6.45, 7) is 1.13. The summed E-state index contributed by atoms with van der Waals surface area (Å²) < 4.78 is 27.1. The first-order valence-electron chi connectivity index (χ1n) is 14.2. The van der Waals surface area contributed by atoms with E-state index in [0.717, 1.165) is 48.2 Å². The van der Waals surface area contributed by atoms with Gasteiger partial charge in [0.2, 0.25) is 21.8 Å². The van der Waals surface area contributed by atoms with Gasteiger partial charge in [0, 0.05) is 34.1 Å². The van der Waals surface area contributed by atoms with Crippen LogP contribution in [0, 0.1) is 6.92 Å². The molecule has 0 spiro atoms. The number of rotatable bonds is 11. The van der Waals surface area contributed by atoms with Crippen LogP contribution in [0.4, 0.5) is 5.69 Å². The van der Waals surface area contributed by atoms with E-state index in [4.69, 9.17) is 34.8 Å². The molecule has 43 heavy (non-hydrogen) atoms. The molecule has 230 valence electrons. The Morgan fingerprint density at radius 3 is 2.28 bits per heavy atom. The summed E-state index contributed by atoms with van der Waals surface area (Å²) in [4.78, 5) is 29.8. The van der Waals surface area contributed by atoms with Crippen molar-refractivity contribution in [2.24, 2.45) is 0 Å². The quantitative estimate of drug-likeness (QED) is 0.244. The summed E-state index contributed by atoms with van der Waals surface area (Å²) in [6.07, 6.45) is 6.19. The summed E-state index contributed by atoms with van der Waals surface area (Å²) in [5.41, 5.74) is 2.24. The highest BCUT2D eigenvalue weighted by atomic mass is 35.5. The van der Waals surface area contributed by atoms with Gasteiger partial charge >= 0.3 is 0 Å². The maximum Gasteiger partial charge on any atom is 0.244 e. The Bertz CT molecular complexity index is 1550. The predicted molar refractivity (Wildman–Crippen MR) is 174 cm³/mol. The molecule has 1 saturated carbocycles. The SMILES string of the molecule is Cc1c(Cl)cccc1N(CC(=O)N(Cc1ccc(Cl)cc1Cl)C(Cc1ccccc1)C(=O)NC1CCCCC1)S(C)(=O)=O. The van der Waals surface area contributed by atoms with Gasteiger partial charge in [-0.05, 0) is 60.7 Å². The zero-order valence-corrected chi connectivity index (χ0v) is 27.3. The fourth-order valence-corrected chi connectivity index (χ4v) is 6.93. The van der Waals surface area contributed by atoms with Crippen molar-refractivity contribution in [3.05, 3.63) is 98.5 Å². The molecule has 0 aromatic heterocycles. The molecule has 1 atom stereocenters. The first kappa shape index (κ1) is 33.1. The molecule has 3 aromatic carbocycles. The molecule has 0 bridgehead atoms. The number of nitrogens with one attached hydrogen (secondary N) is 1. The van der Waals surface area contributed by atoms with Crippen LogP contribution in [0.5, 0.6) is 0 Å². The maximum absolute atomic E-state index is 14.3. The molecule has 4 rings (SSSR count). The highest BCUT2D eigenvalue weighted by Gasteiger charge is 2.34. The molecule has 3 aromatic rings.